The number of aryl methyl sites for hydroxylation is 2. The van der Waals surface area contributed by atoms with Gasteiger partial charge in [-0.15, -0.1) is 0 Å². The van der Waals surface area contributed by atoms with E-state index in [1.165, 1.54) is 18.2 Å². The standard InChI is InChI=1S/C22H18BrN3O4S/c1-13-11-17(31(24,28)29)6-7-19(13)26-22(27)15-4-8-21(18(23)12-15)30-20-9-5-16(25-3)10-14(20)2/h4-12H,1-2H3,(H,26,27)(H2,24,28,29). The van der Waals surface area contributed by atoms with E-state index in [9.17, 15) is 13.2 Å². The molecule has 3 aromatic carbocycles. The SMILES string of the molecule is [C-]#[N+]c1ccc(Oc2ccc(C(=O)Nc3ccc(S(N)(=O)=O)cc3C)cc2Br)c(C)c1. The second-order valence-corrected chi connectivity index (χ2v) is 9.20. The van der Waals surface area contributed by atoms with Gasteiger partial charge in [-0.2, -0.15) is 0 Å². The highest BCUT2D eigenvalue weighted by Crippen LogP contribution is 2.33. The molecule has 0 aromatic heterocycles. The second-order valence-electron chi connectivity index (χ2n) is 6.78. The number of benzene rings is 3. The van der Waals surface area contributed by atoms with Crippen molar-refractivity contribution in [2.45, 2.75) is 18.7 Å². The number of nitrogens with zero attached hydrogens (tertiary/aromatic N) is 1. The van der Waals surface area contributed by atoms with E-state index in [0.29, 0.717) is 38.5 Å². The third-order valence-electron chi connectivity index (χ3n) is 4.48. The minimum absolute atomic E-state index is 0.0213. The fourth-order valence-electron chi connectivity index (χ4n) is 2.81. The molecule has 0 radical (unpaired) electrons. The number of primary sulfonamides is 1. The lowest BCUT2D eigenvalue weighted by Gasteiger charge is -2.13. The van der Waals surface area contributed by atoms with E-state index in [1.807, 2.05) is 6.92 Å². The minimum atomic E-state index is -3.81. The second kappa shape index (κ2) is 8.89. The van der Waals surface area contributed by atoms with Crippen LogP contribution in [0, 0.1) is 20.4 Å². The highest BCUT2D eigenvalue weighted by molar-refractivity contribution is 9.10. The number of amides is 1. The van der Waals surface area contributed by atoms with Crippen LogP contribution in [-0.4, -0.2) is 14.3 Å². The average molecular weight is 500 g/mol. The van der Waals surface area contributed by atoms with Crippen LogP contribution in [0.15, 0.2) is 64.0 Å². The smallest absolute Gasteiger partial charge is 0.255 e. The summed E-state index contributed by atoms with van der Waals surface area (Å²) in [7, 11) is -3.81. The highest BCUT2D eigenvalue weighted by atomic mass is 79.9. The van der Waals surface area contributed by atoms with Crippen molar-refractivity contribution in [3.63, 3.8) is 0 Å². The van der Waals surface area contributed by atoms with Gasteiger partial charge in [0.1, 0.15) is 11.5 Å². The Morgan fingerprint density at radius 3 is 2.32 bits per heavy atom. The summed E-state index contributed by atoms with van der Waals surface area (Å²) in [5.74, 6) is 0.760. The van der Waals surface area contributed by atoms with Crippen LogP contribution in [0.2, 0.25) is 0 Å². The molecular formula is C22H18BrN3O4S. The van der Waals surface area contributed by atoms with Crippen LogP contribution in [0.25, 0.3) is 4.85 Å². The fraction of sp³-hybridized carbons (Fsp3) is 0.0909. The first kappa shape index (κ1) is 22.5. The van der Waals surface area contributed by atoms with Gasteiger partial charge in [-0.05, 0) is 89.4 Å². The summed E-state index contributed by atoms with van der Waals surface area (Å²) in [6, 6.07) is 14.3. The number of carbonyl (C=O) groups is 1. The quantitative estimate of drug-likeness (QED) is 0.464. The van der Waals surface area contributed by atoms with Gasteiger partial charge in [-0.25, -0.2) is 18.4 Å². The molecule has 0 spiro atoms. The summed E-state index contributed by atoms with van der Waals surface area (Å²) >= 11 is 3.42. The number of anilines is 1. The number of hydrogen-bond acceptors (Lipinski definition) is 4. The predicted octanol–water partition coefficient (Wildman–Crippen LogP) is 5.31. The number of nitrogens with two attached hydrogens (primary N) is 1. The molecule has 0 aliphatic rings. The lowest BCUT2D eigenvalue weighted by atomic mass is 10.1. The third kappa shape index (κ3) is 5.30. The molecule has 158 valence electrons. The van der Waals surface area contributed by atoms with Gasteiger partial charge in [0.15, 0.2) is 5.69 Å². The predicted molar refractivity (Wildman–Crippen MR) is 122 cm³/mol. The lowest BCUT2D eigenvalue weighted by molar-refractivity contribution is 0.102. The molecule has 3 N–H and O–H groups in total. The van der Waals surface area contributed by atoms with Crippen molar-refractivity contribution in [3.05, 3.63) is 87.2 Å². The Labute approximate surface area is 188 Å². The number of halogens is 1. The Morgan fingerprint density at radius 1 is 1.03 bits per heavy atom. The van der Waals surface area contributed by atoms with E-state index < -0.39 is 10.0 Å². The zero-order chi connectivity index (χ0) is 22.8. The summed E-state index contributed by atoms with van der Waals surface area (Å²) in [6.45, 7) is 10.6. The largest absolute Gasteiger partial charge is 0.456 e. The van der Waals surface area contributed by atoms with Crippen LogP contribution in [0.4, 0.5) is 11.4 Å². The molecular weight excluding hydrogens is 482 g/mol. The first-order valence-electron chi connectivity index (χ1n) is 8.99. The van der Waals surface area contributed by atoms with E-state index in [-0.39, 0.29) is 10.8 Å². The van der Waals surface area contributed by atoms with Crippen molar-refractivity contribution in [2.24, 2.45) is 5.14 Å². The summed E-state index contributed by atoms with van der Waals surface area (Å²) in [5, 5.41) is 7.89. The first-order valence-corrected chi connectivity index (χ1v) is 11.3. The molecule has 0 unspecified atom stereocenters. The van der Waals surface area contributed by atoms with Crippen LogP contribution in [0.1, 0.15) is 21.5 Å². The van der Waals surface area contributed by atoms with Crippen molar-refractivity contribution < 1.29 is 17.9 Å². The lowest BCUT2D eigenvalue weighted by Crippen LogP contribution is -2.15. The van der Waals surface area contributed by atoms with E-state index in [1.54, 1.807) is 43.3 Å². The Hall–Kier alpha value is -3.19. The Bertz CT molecular complexity index is 1330. The van der Waals surface area contributed by atoms with Crippen LogP contribution in [0.3, 0.4) is 0 Å². The molecule has 0 bridgehead atoms. The number of rotatable bonds is 5. The van der Waals surface area contributed by atoms with Crippen LogP contribution >= 0.6 is 15.9 Å². The first-order chi connectivity index (χ1) is 14.6. The molecule has 3 aromatic rings. The normalized spacial score (nSPS) is 10.9. The fourth-order valence-corrected chi connectivity index (χ4v) is 3.87. The molecule has 31 heavy (non-hydrogen) atoms. The molecule has 1 amide bonds. The van der Waals surface area contributed by atoms with Crippen LogP contribution in [0.5, 0.6) is 11.5 Å². The molecule has 0 aliphatic carbocycles. The van der Waals surface area contributed by atoms with Crippen molar-refractivity contribution in [3.8, 4) is 11.5 Å². The Morgan fingerprint density at radius 2 is 1.74 bits per heavy atom. The van der Waals surface area contributed by atoms with E-state index in [0.717, 1.165) is 5.56 Å². The third-order valence-corrected chi connectivity index (χ3v) is 6.01. The summed E-state index contributed by atoms with van der Waals surface area (Å²) in [5.41, 5.74) is 2.78. The number of hydrogen-bond donors (Lipinski definition) is 2. The molecule has 0 heterocycles. The molecule has 0 fully saturated rings. The van der Waals surface area contributed by atoms with Gasteiger partial charge in [0.05, 0.1) is 15.9 Å². The van der Waals surface area contributed by atoms with Gasteiger partial charge in [0, 0.05) is 11.3 Å². The zero-order valence-corrected chi connectivity index (χ0v) is 19.0. The number of carbonyl (C=O) groups excluding carboxylic acids is 1. The van der Waals surface area contributed by atoms with Crippen molar-refractivity contribution in [1.29, 1.82) is 0 Å². The summed E-state index contributed by atoms with van der Waals surface area (Å²) in [4.78, 5) is 16.0. The maximum absolute atomic E-state index is 12.7. The maximum Gasteiger partial charge on any atom is 0.255 e. The van der Waals surface area contributed by atoms with Gasteiger partial charge >= 0.3 is 0 Å². The van der Waals surface area contributed by atoms with Gasteiger partial charge in [-0.3, -0.25) is 4.79 Å². The van der Waals surface area contributed by atoms with Crippen molar-refractivity contribution in [2.75, 3.05) is 5.32 Å². The molecule has 3 rings (SSSR count). The number of nitrogens with one attached hydrogen (secondary N) is 1. The summed E-state index contributed by atoms with van der Waals surface area (Å²) in [6.07, 6.45) is 0. The maximum atomic E-state index is 12.7. The van der Waals surface area contributed by atoms with Crippen LogP contribution in [-0.2, 0) is 10.0 Å². The minimum Gasteiger partial charge on any atom is -0.456 e. The van der Waals surface area contributed by atoms with E-state index in [4.69, 9.17) is 16.4 Å². The van der Waals surface area contributed by atoms with Gasteiger partial charge in [-0.1, -0.05) is 6.07 Å². The van der Waals surface area contributed by atoms with Crippen LogP contribution < -0.4 is 15.2 Å². The van der Waals surface area contributed by atoms with Crippen molar-refractivity contribution in [1.82, 2.24) is 0 Å². The highest BCUT2D eigenvalue weighted by Gasteiger charge is 2.14. The molecule has 0 aliphatic heterocycles. The van der Waals surface area contributed by atoms with Gasteiger partial charge < -0.3 is 10.1 Å². The Kier molecular flexibility index (Phi) is 6.45. The Balaban J connectivity index is 1.78. The molecule has 9 heteroatoms. The molecule has 0 saturated carbocycles. The monoisotopic (exact) mass is 499 g/mol. The number of sulfonamides is 1. The summed E-state index contributed by atoms with van der Waals surface area (Å²) < 4.78 is 29.4. The molecule has 0 saturated heterocycles. The van der Waals surface area contributed by atoms with E-state index >= 15 is 0 Å². The zero-order valence-electron chi connectivity index (χ0n) is 16.6. The van der Waals surface area contributed by atoms with Gasteiger partial charge in [0.25, 0.3) is 5.91 Å². The topological polar surface area (TPSA) is 103 Å². The number of ether oxygens (including phenoxy) is 1. The molecule has 0 atom stereocenters. The average Bonchev–Trinajstić information content (AvgIpc) is 2.71. The van der Waals surface area contributed by atoms with E-state index in [2.05, 4.69) is 26.1 Å². The van der Waals surface area contributed by atoms with Crippen molar-refractivity contribution >= 4 is 43.2 Å². The molecule has 7 nitrogen and oxygen atoms in total. The van der Waals surface area contributed by atoms with Gasteiger partial charge in [0.2, 0.25) is 10.0 Å².